The summed E-state index contributed by atoms with van der Waals surface area (Å²) in [6.45, 7) is -1.35. The monoisotopic (exact) mass is 410 g/mol. The smallest absolute Gasteiger partial charge is 0.344 e. The zero-order valence-electron chi connectivity index (χ0n) is 15.8. The van der Waals surface area contributed by atoms with E-state index in [0.29, 0.717) is 11.3 Å². The lowest BCUT2D eigenvalue weighted by molar-refractivity contribution is 0.0230. The zero-order chi connectivity index (χ0) is 21.1. The van der Waals surface area contributed by atoms with E-state index in [1.807, 2.05) is 0 Å². The number of fused-ring (bicyclic) bond motifs is 1. The number of hydrogen-bond donors (Lipinski definition) is 0. The summed E-state index contributed by atoms with van der Waals surface area (Å²) in [6.07, 6.45) is 3.47. The third-order valence-electron chi connectivity index (χ3n) is 4.31. The SMILES string of the molecule is CC(OC(=O)c1cccnc1Oc1cccnc1)c1nc2ccccc2n1C(F)F. The molecule has 0 saturated carbocycles. The number of imidazole rings is 1. The number of ether oxygens (including phenoxy) is 2. The molecule has 1 atom stereocenters. The first kappa shape index (κ1) is 19.4. The lowest BCUT2D eigenvalue weighted by Gasteiger charge is -2.16. The van der Waals surface area contributed by atoms with Gasteiger partial charge in [-0.15, -0.1) is 0 Å². The topological polar surface area (TPSA) is 79.1 Å². The van der Waals surface area contributed by atoms with Crippen LogP contribution in [0.5, 0.6) is 11.6 Å². The fraction of sp³-hybridized carbons (Fsp3) is 0.143. The average Bonchev–Trinajstić information content (AvgIpc) is 3.15. The minimum atomic E-state index is -2.84. The molecule has 3 aromatic heterocycles. The first-order valence-electron chi connectivity index (χ1n) is 9.03. The molecule has 30 heavy (non-hydrogen) atoms. The number of benzene rings is 1. The van der Waals surface area contributed by atoms with Crippen LogP contribution in [0.15, 0.2) is 67.1 Å². The van der Waals surface area contributed by atoms with Crippen molar-refractivity contribution in [3.05, 3.63) is 78.5 Å². The Labute approximate surface area is 169 Å². The van der Waals surface area contributed by atoms with Crippen LogP contribution in [0.4, 0.5) is 8.78 Å². The van der Waals surface area contributed by atoms with Crippen molar-refractivity contribution in [3.63, 3.8) is 0 Å². The van der Waals surface area contributed by atoms with E-state index in [-0.39, 0.29) is 22.8 Å². The van der Waals surface area contributed by atoms with Gasteiger partial charge in [-0.1, -0.05) is 12.1 Å². The van der Waals surface area contributed by atoms with Crippen LogP contribution < -0.4 is 4.74 Å². The molecule has 0 fully saturated rings. The second-order valence-corrected chi connectivity index (χ2v) is 6.30. The number of nitrogens with zero attached hydrogens (tertiary/aromatic N) is 4. The summed E-state index contributed by atoms with van der Waals surface area (Å²) < 4.78 is 39.1. The summed E-state index contributed by atoms with van der Waals surface area (Å²) in [5.74, 6) is -0.427. The van der Waals surface area contributed by atoms with Gasteiger partial charge in [0.05, 0.1) is 17.2 Å². The number of carbonyl (C=O) groups excluding carboxylic acids is 1. The second kappa shape index (κ2) is 8.24. The van der Waals surface area contributed by atoms with Crippen LogP contribution in [-0.4, -0.2) is 25.5 Å². The fourth-order valence-corrected chi connectivity index (χ4v) is 2.98. The van der Waals surface area contributed by atoms with Gasteiger partial charge in [-0.3, -0.25) is 9.55 Å². The van der Waals surface area contributed by atoms with Crippen LogP contribution >= 0.6 is 0 Å². The largest absolute Gasteiger partial charge is 0.451 e. The van der Waals surface area contributed by atoms with Crippen molar-refractivity contribution in [2.75, 3.05) is 0 Å². The Morgan fingerprint density at radius 1 is 1.07 bits per heavy atom. The number of alkyl halides is 2. The van der Waals surface area contributed by atoms with Crippen molar-refractivity contribution >= 4 is 17.0 Å². The number of rotatable bonds is 6. The summed E-state index contributed by atoms with van der Waals surface area (Å²) >= 11 is 0. The van der Waals surface area contributed by atoms with E-state index in [9.17, 15) is 13.6 Å². The van der Waals surface area contributed by atoms with E-state index >= 15 is 0 Å². The van der Waals surface area contributed by atoms with E-state index in [1.165, 1.54) is 31.5 Å². The maximum atomic E-state index is 13.7. The molecule has 0 N–H and O–H groups in total. The standard InChI is InChI=1S/C21H16F2N4O3/c1-13(18-26-16-8-2-3-9-17(16)27(18)21(22)23)29-20(28)15-7-5-11-25-19(15)30-14-6-4-10-24-12-14/h2-13,21H,1H3. The van der Waals surface area contributed by atoms with Gasteiger partial charge in [0.1, 0.15) is 11.3 Å². The molecule has 0 aliphatic rings. The number of aromatic nitrogens is 4. The summed E-state index contributed by atoms with van der Waals surface area (Å²) in [5, 5.41) is 0. The molecule has 0 spiro atoms. The minimum absolute atomic E-state index is 0.0186. The van der Waals surface area contributed by atoms with Crippen LogP contribution in [0.3, 0.4) is 0 Å². The summed E-state index contributed by atoms with van der Waals surface area (Å²) in [7, 11) is 0. The van der Waals surface area contributed by atoms with Crippen LogP contribution in [0.1, 0.15) is 35.8 Å². The molecule has 1 unspecified atom stereocenters. The summed E-state index contributed by atoms with van der Waals surface area (Å²) in [5.41, 5.74) is 0.693. The lowest BCUT2D eigenvalue weighted by atomic mass is 10.2. The number of hydrogen-bond acceptors (Lipinski definition) is 6. The van der Waals surface area contributed by atoms with Gasteiger partial charge in [0.15, 0.2) is 11.9 Å². The van der Waals surface area contributed by atoms with E-state index < -0.39 is 18.6 Å². The predicted octanol–water partition coefficient (Wildman–Crippen LogP) is 4.93. The van der Waals surface area contributed by atoms with E-state index in [1.54, 1.807) is 42.6 Å². The van der Waals surface area contributed by atoms with Gasteiger partial charge in [0, 0.05) is 12.4 Å². The Morgan fingerprint density at radius 2 is 1.87 bits per heavy atom. The number of para-hydroxylation sites is 2. The maximum absolute atomic E-state index is 13.7. The molecule has 4 rings (SSSR count). The molecule has 4 aromatic rings. The van der Waals surface area contributed by atoms with Gasteiger partial charge in [0.2, 0.25) is 5.88 Å². The van der Waals surface area contributed by atoms with Gasteiger partial charge < -0.3 is 9.47 Å². The molecule has 0 amide bonds. The number of pyridine rings is 2. The van der Waals surface area contributed by atoms with Crippen molar-refractivity contribution in [3.8, 4) is 11.6 Å². The highest BCUT2D eigenvalue weighted by atomic mass is 19.3. The first-order valence-corrected chi connectivity index (χ1v) is 9.03. The third-order valence-corrected chi connectivity index (χ3v) is 4.31. The van der Waals surface area contributed by atoms with E-state index in [0.717, 1.165) is 4.57 Å². The van der Waals surface area contributed by atoms with Crippen molar-refractivity contribution in [1.82, 2.24) is 19.5 Å². The average molecular weight is 410 g/mol. The van der Waals surface area contributed by atoms with Crippen LogP contribution in [0.25, 0.3) is 11.0 Å². The third kappa shape index (κ3) is 3.82. The lowest BCUT2D eigenvalue weighted by Crippen LogP contribution is -2.15. The van der Waals surface area contributed by atoms with Crippen molar-refractivity contribution < 1.29 is 23.0 Å². The molecular formula is C21H16F2N4O3. The normalized spacial score (nSPS) is 12.1. The zero-order valence-corrected chi connectivity index (χ0v) is 15.8. The second-order valence-electron chi connectivity index (χ2n) is 6.30. The Hall–Kier alpha value is -3.88. The highest BCUT2D eigenvalue weighted by Gasteiger charge is 2.26. The number of carbonyl (C=O) groups is 1. The molecule has 1 aromatic carbocycles. The predicted molar refractivity (Wildman–Crippen MR) is 103 cm³/mol. The first-order chi connectivity index (χ1) is 14.5. The molecule has 0 bridgehead atoms. The Bertz CT molecular complexity index is 1180. The Balaban J connectivity index is 1.61. The van der Waals surface area contributed by atoms with E-state index in [4.69, 9.17) is 9.47 Å². The number of esters is 1. The van der Waals surface area contributed by atoms with Gasteiger partial charge >= 0.3 is 12.5 Å². The van der Waals surface area contributed by atoms with Gasteiger partial charge in [-0.2, -0.15) is 8.78 Å². The summed E-state index contributed by atoms with van der Waals surface area (Å²) in [4.78, 5) is 25.0. The quantitative estimate of drug-likeness (QED) is 0.419. The van der Waals surface area contributed by atoms with Crippen LogP contribution in [0.2, 0.25) is 0 Å². The van der Waals surface area contributed by atoms with Gasteiger partial charge in [-0.05, 0) is 43.3 Å². The molecule has 0 aliphatic carbocycles. The number of halogens is 2. The van der Waals surface area contributed by atoms with Crippen molar-refractivity contribution in [1.29, 1.82) is 0 Å². The fourth-order valence-electron chi connectivity index (χ4n) is 2.98. The highest BCUT2D eigenvalue weighted by Crippen LogP contribution is 2.30. The maximum Gasteiger partial charge on any atom is 0.344 e. The van der Waals surface area contributed by atoms with Gasteiger partial charge in [-0.25, -0.2) is 14.8 Å². The molecule has 0 radical (unpaired) electrons. The molecule has 152 valence electrons. The van der Waals surface area contributed by atoms with Gasteiger partial charge in [0.25, 0.3) is 0 Å². The minimum Gasteiger partial charge on any atom is -0.451 e. The summed E-state index contributed by atoms with van der Waals surface area (Å²) in [6, 6.07) is 12.8. The Morgan fingerprint density at radius 3 is 2.63 bits per heavy atom. The molecule has 0 saturated heterocycles. The van der Waals surface area contributed by atoms with Crippen molar-refractivity contribution in [2.45, 2.75) is 19.6 Å². The van der Waals surface area contributed by atoms with Crippen molar-refractivity contribution in [2.24, 2.45) is 0 Å². The molecule has 7 nitrogen and oxygen atoms in total. The van der Waals surface area contributed by atoms with Crippen LogP contribution in [-0.2, 0) is 4.74 Å². The van der Waals surface area contributed by atoms with E-state index in [2.05, 4.69) is 15.0 Å². The molecular weight excluding hydrogens is 394 g/mol. The van der Waals surface area contributed by atoms with Crippen LogP contribution in [0, 0.1) is 0 Å². The Kier molecular flexibility index (Phi) is 5.34. The molecule has 9 heteroatoms. The molecule has 3 heterocycles. The highest BCUT2D eigenvalue weighted by molar-refractivity contribution is 5.92. The molecule has 0 aliphatic heterocycles.